The van der Waals surface area contributed by atoms with E-state index in [0.29, 0.717) is 16.9 Å². The Hall–Kier alpha value is -3.01. The summed E-state index contributed by atoms with van der Waals surface area (Å²) in [5.74, 6) is 0. The smallest absolute Gasteiger partial charge is 0.385 e. The molecule has 0 saturated carbocycles. The van der Waals surface area contributed by atoms with Crippen molar-refractivity contribution in [2.24, 2.45) is 0 Å². The lowest BCUT2D eigenvalue weighted by atomic mass is 10.1. The van der Waals surface area contributed by atoms with Gasteiger partial charge in [-0.2, -0.15) is 31.2 Å². The van der Waals surface area contributed by atoms with E-state index in [4.69, 9.17) is 0 Å². The quantitative estimate of drug-likeness (QED) is 0.646. The molecule has 1 aromatic heterocycles. The van der Waals surface area contributed by atoms with E-state index in [1.165, 1.54) is 24.3 Å². The molecular weight excluding hydrogens is 393 g/mol. The molecular formula is C18H17F3N4O2S. The first-order chi connectivity index (χ1) is 13.2. The molecule has 0 spiro atoms. The van der Waals surface area contributed by atoms with Gasteiger partial charge in [-0.3, -0.25) is 0 Å². The van der Waals surface area contributed by atoms with Gasteiger partial charge in [-0.05, 0) is 37.3 Å². The molecule has 10 heteroatoms. The summed E-state index contributed by atoms with van der Waals surface area (Å²) in [5, 5.41) is 6.49. The van der Waals surface area contributed by atoms with Gasteiger partial charge in [0.1, 0.15) is 0 Å². The lowest BCUT2D eigenvalue weighted by Crippen LogP contribution is -2.25. The van der Waals surface area contributed by atoms with E-state index in [0.717, 1.165) is 11.8 Å². The van der Waals surface area contributed by atoms with Crippen LogP contribution in [0.25, 0.3) is 11.3 Å². The number of halogens is 3. The molecule has 0 amide bonds. The first-order valence-electron chi connectivity index (χ1n) is 8.30. The van der Waals surface area contributed by atoms with E-state index in [9.17, 15) is 21.6 Å². The number of nitrogens with one attached hydrogen (secondary N) is 2. The predicted octanol–water partition coefficient (Wildman–Crippen LogP) is 3.93. The van der Waals surface area contributed by atoms with Crippen LogP contribution in [0.1, 0.15) is 12.6 Å². The second kappa shape index (κ2) is 7.55. The third-order valence-corrected chi connectivity index (χ3v) is 5.13. The SMILES string of the molecule is CCNc1ccc(-c2cc(C(F)(F)F)nn2NS(=O)(=O)c2ccccc2)cc1. The topological polar surface area (TPSA) is 76.0 Å². The van der Waals surface area contributed by atoms with Crippen LogP contribution in [0.2, 0.25) is 0 Å². The Morgan fingerprint density at radius 3 is 2.25 bits per heavy atom. The number of anilines is 1. The molecule has 0 aliphatic rings. The Morgan fingerprint density at radius 1 is 1.04 bits per heavy atom. The fourth-order valence-corrected chi connectivity index (χ4v) is 3.51. The second-order valence-corrected chi connectivity index (χ2v) is 7.50. The molecule has 0 bridgehead atoms. The number of benzene rings is 2. The standard InChI is InChI=1S/C18H17F3N4O2S/c1-2-22-14-10-8-13(9-11-14)16-12-17(18(19,20)21)23-25(16)24-28(26,27)15-6-4-3-5-7-15/h3-12,22,24H,2H2,1H3. The number of rotatable bonds is 6. The van der Waals surface area contributed by atoms with Gasteiger partial charge in [0.15, 0.2) is 5.69 Å². The molecule has 6 nitrogen and oxygen atoms in total. The highest BCUT2D eigenvalue weighted by Crippen LogP contribution is 2.32. The minimum absolute atomic E-state index is 0.0325. The van der Waals surface area contributed by atoms with Crippen molar-refractivity contribution in [3.05, 3.63) is 66.4 Å². The number of aromatic nitrogens is 2. The third kappa shape index (κ3) is 4.28. The van der Waals surface area contributed by atoms with Crippen molar-refractivity contribution in [2.75, 3.05) is 16.7 Å². The van der Waals surface area contributed by atoms with Crippen LogP contribution in [0.5, 0.6) is 0 Å². The molecule has 0 unspecified atom stereocenters. The van der Waals surface area contributed by atoms with E-state index in [2.05, 4.69) is 15.2 Å². The largest absolute Gasteiger partial charge is 0.435 e. The fourth-order valence-electron chi connectivity index (χ4n) is 2.52. The number of sulfonamides is 1. The number of hydrogen-bond donors (Lipinski definition) is 2. The van der Waals surface area contributed by atoms with E-state index in [1.807, 2.05) is 6.92 Å². The summed E-state index contributed by atoms with van der Waals surface area (Å²) in [4.78, 5) is 2.64. The zero-order valence-corrected chi connectivity index (χ0v) is 15.6. The lowest BCUT2D eigenvalue weighted by Gasteiger charge is -2.12. The summed E-state index contributed by atoms with van der Waals surface area (Å²) in [5.41, 5.74) is -0.0671. The molecule has 0 aliphatic heterocycles. The number of nitrogens with zero attached hydrogens (tertiary/aromatic N) is 2. The maximum Gasteiger partial charge on any atom is 0.435 e. The Bertz CT molecular complexity index is 1050. The van der Waals surface area contributed by atoms with Crippen molar-refractivity contribution in [1.29, 1.82) is 0 Å². The van der Waals surface area contributed by atoms with Crippen LogP contribution >= 0.6 is 0 Å². The van der Waals surface area contributed by atoms with Gasteiger partial charge in [0.2, 0.25) is 0 Å². The van der Waals surface area contributed by atoms with Gasteiger partial charge >= 0.3 is 6.18 Å². The summed E-state index contributed by atoms with van der Waals surface area (Å²) >= 11 is 0. The molecule has 2 aromatic carbocycles. The van der Waals surface area contributed by atoms with Crippen LogP contribution in [0.15, 0.2) is 65.6 Å². The summed E-state index contributed by atoms with van der Waals surface area (Å²) in [7, 11) is -4.12. The Balaban J connectivity index is 2.03. The fraction of sp³-hybridized carbons (Fsp3) is 0.167. The monoisotopic (exact) mass is 410 g/mol. The van der Waals surface area contributed by atoms with Crippen LogP contribution < -0.4 is 10.1 Å². The molecule has 0 aliphatic carbocycles. The van der Waals surface area contributed by atoms with E-state index in [-0.39, 0.29) is 10.6 Å². The maximum atomic E-state index is 13.2. The van der Waals surface area contributed by atoms with Gasteiger partial charge in [0, 0.05) is 17.8 Å². The first-order valence-corrected chi connectivity index (χ1v) is 9.78. The van der Waals surface area contributed by atoms with Crippen molar-refractivity contribution >= 4 is 15.7 Å². The van der Waals surface area contributed by atoms with E-state index in [1.54, 1.807) is 30.3 Å². The Labute approximate surface area is 160 Å². The number of hydrogen-bond acceptors (Lipinski definition) is 4. The highest BCUT2D eigenvalue weighted by molar-refractivity contribution is 7.92. The number of alkyl halides is 3. The van der Waals surface area contributed by atoms with Gasteiger partial charge in [-0.25, -0.2) is 0 Å². The zero-order chi connectivity index (χ0) is 20.4. The molecule has 0 saturated heterocycles. The molecule has 3 rings (SSSR count). The molecule has 0 radical (unpaired) electrons. The summed E-state index contributed by atoms with van der Waals surface area (Å²) in [6.07, 6.45) is -4.72. The second-order valence-electron chi connectivity index (χ2n) is 5.84. The minimum atomic E-state index is -4.72. The van der Waals surface area contributed by atoms with Crippen molar-refractivity contribution in [3.63, 3.8) is 0 Å². The lowest BCUT2D eigenvalue weighted by molar-refractivity contribution is -0.141. The average Bonchev–Trinajstić information content (AvgIpc) is 3.07. The van der Waals surface area contributed by atoms with Gasteiger partial charge < -0.3 is 5.32 Å². The summed E-state index contributed by atoms with van der Waals surface area (Å²) in [6.45, 7) is 2.60. The van der Waals surface area contributed by atoms with Crippen molar-refractivity contribution in [3.8, 4) is 11.3 Å². The molecule has 1 heterocycles. The molecule has 3 aromatic rings. The molecule has 0 fully saturated rings. The van der Waals surface area contributed by atoms with Crippen LogP contribution in [0, 0.1) is 0 Å². The van der Waals surface area contributed by atoms with Crippen molar-refractivity contribution < 1.29 is 21.6 Å². The van der Waals surface area contributed by atoms with Gasteiger partial charge in [0.05, 0.1) is 10.6 Å². The molecule has 2 N–H and O–H groups in total. The average molecular weight is 410 g/mol. The zero-order valence-electron chi connectivity index (χ0n) is 14.7. The molecule has 148 valence electrons. The predicted molar refractivity (Wildman–Crippen MR) is 99.8 cm³/mol. The van der Waals surface area contributed by atoms with Gasteiger partial charge in [-0.1, -0.05) is 30.3 Å². The van der Waals surface area contributed by atoms with Gasteiger partial charge in [0.25, 0.3) is 10.0 Å². The van der Waals surface area contributed by atoms with E-state index < -0.39 is 21.9 Å². The van der Waals surface area contributed by atoms with Crippen molar-refractivity contribution in [2.45, 2.75) is 18.0 Å². The van der Waals surface area contributed by atoms with E-state index >= 15 is 0 Å². The van der Waals surface area contributed by atoms with Gasteiger partial charge in [-0.15, -0.1) is 5.10 Å². The maximum absolute atomic E-state index is 13.2. The first kappa shape index (κ1) is 19.7. The molecule has 28 heavy (non-hydrogen) atoms. The van der Waals surface area contributed by atoms with Crippen LogP contribution in [-0.2, 0) is 16.2 Å². The Morgan fingerprint density at radius 2 is 1.68 bits per heavy atom. The van der Waals surface area contributed by atoms with Crippen LogP contribution in [0.3, 0.4) is 0 Å². The van der Waals surface area contributed by atoms with Crippen molar-refractivity contribution in [1.82, 2.24) is 9.89 Å². The highest BCUT2D eigenvalue weighted by Gasteiger charge is 2.35. The Kier molecular flexibility index (Phi) is 5.32. The van der Waals surface area contributed by atoms with Crippen LogP contribution in [0.4, 0.5) is 18.9 Å². The summed E-state index contributed by atoms with van der Waals surface area (Å²) in [6, 6.07) is 14.7. The minimum Gasteiger partial charge on any atom is -0.385 e. The molecule has 0 atom stereocenters. The normalized spacial score (nSPS) is 12.0. The highest BCUT2D eigenvalue weighted by atomic mass is 32.2. The summed E-state index contributed by atoms with van der Waals surface area (Å²) < 4.78 is 64.5. The van der Waals surface area contributed by atoms with Crippen LogP contribution in [-0.4, -0.2) is 24.9 Å². The third-order valence-electron chi connectivity index (χ3n) is 3.82.